The van der Waals surface area contributed by atoms with Crippen molar-refractivity contribution in [2.75, 3.05) is 19.7 Å². The number of aliphatic hydroxyl groups is 1. The number of rotatable bonds is 11. The second-order valence-corrected chi connectivity index (χ2v) is 15.4. The van der Waals surface area contributed by atoms with E-state index in [4.69, 9.17) is 24.2 Å². The summed E-state index contributed by atoms with van der Waals surface area (Å²) in [7, 11) is 0. The van der Waals surface area contributed by atoms with Crippen LogP contribution in [0.25, 0.3) is 21.9 Å². The van der Waals surface area contributed by atoms with Gasteiger partial charge in [-0.05, 0) is 103 Å². The van der Waals surface area contributed by atoms with Gasteiger partial charge in [-0.1, -0.05) is 18.2 Å². The third-order valence-electron chi connectivity index (χ3n) is 9.39. The van der Waals surface area contributed by atoms with Crippen LogP contribution in [0, 0.1) is 0 Å². The quantitative estimate of drug-likeness (QED) is 0.162. The van der Waals surface area contributed by atoms with E-state index in [0.717, 1.165) is 91.1 Å². The molecule has 2 aromatic carbocycles. The first kappa shape index (κ1) is 34.1. The zero-order valence-corrected chi connectivity index (χ0v) is 29.8. The average Bonchev–Trinajstić information content (AvgIpc) is 3.60. The molecular formula is C39H48N6O5. The molecule has 264 valence electrons. The summed E-state index contributed by atoms with van der Waals surface area (Å²) in [5.41, 5.74) is 3.98. The van der Waals surface area contributed by atoms with E-state index in [0.29, 0.717) is 30.5 Å². The van der Waals surface area contributed by atoms with Crippen molar-refractivity contribution in [1.29, 1.82) is 0 Å². The van der Waals surface area contributed by atoms with Crippen molar-refractivity contribution in [3.05, 3.63) is 83.4 Å². The molecule has 11 heteroatoms. The molecule has 7 rings (SSSR count). The first-order valence-corrected chi connectivity index (χ1v) is 17.7. The van der Waals surface area contributed by atoms with Crippen molar-refractivity contribution in [3.8, 4) is 5.88 Å². The number of fused-ring (bicyclic) bond motifs is 2. The largest absolute Gasteiger partial charge is 0.473 e. The number of carbonyl (C=O) groups excluding carboxylic acids is 1. The summed E-state index contributed by atoms with van der Waals surface area (Å²) in [4.78, 5) is 25.3. The zero-order valence-electron chi connectivity index (χ0n) is 29.8. The van der Waals surface area contributed by atoms with Crippen molar-refractivity contribution in [3.63, 3.8) is 0 Å². The lowest BCUT2D eigenvalue weighted by atomic mass is 9.93. The van der Waals surface area contributed by atoms with Gasteiger partial charge in [0.1, 0.15) is 18.0 Å². The number of imidazole rings is 1. The minimum absolute atomic E-state index is 0.160. The Balaban J connectivity index is 0.992. The van der Waals surface area contributed by atoms with Gasteiger partial charge in [-0.25, -0.2) is 14.8 Å². The Morgan fingerprint density at radius 3 is 2.50 bits per heavy atom. The third kappa shape index (κ3) is 8.01. The number of hydrogen-bond acceptors (Lipinski definition) is 9. The Hall–Kier alpha value is -4.32. The molecule has 11 nitrogen and oxygen atoms in total. The molecule has 0 aliphatic carbocycles. The number of benzene rings is 2. The molecule has 3 aromatic heterocycles. The first-order valence-electron chi connectivity index (χ1n) is 17.7. The van der Waals surface area contributed by atoms with Crippen LogP contribution in [0.5, 0.6) is 5.88 Å². The smallest absolute Gasteiger partial charge is 0.338 e. The summed E-state index contributed by atoms with van der Waals surface area (Å²) >= 11 is 0. The van der Waals surface area contributed by atoms with E-state index in [1.807, 2.05) is 74.1 Å². The van der Waals surface area contributed by atoms with Crippen molar-refractivity contribution >= 4 is 27.9 Å². The molecule has 0 radical (unpaired) electrons. The van der Waals surface area contributed by atoms with E-state index in [9.17, 15) is 9.90 Å². The molecule has 0 bridgehead atoms. The maximum Gasteiger partial charge on any atom is 0.338 e. The van der Waals surface area contributed by atoms with Gasteiger partial charge in [0, 0.05) is 29.7 Å². The number of aromatic nitrogens is 5. The van der Waals surface area contributed by atoms with Crippen molar-refractivity contribution in [2.45, 2.75) is 103 Å². The molecule has 5 aromatic rings. The fourth-order valence-corrected chi connectivity index (χ4v) is 6.77. The van der Waals surface area contributed by atoms with E-state index >= 15 is 0 Å². The number of likely N-dealkylation sites (tertiary alicyclic amines) is 1. The van der Waals surface area contributed by atoms with Crippen LogP contribution in [0.1, 0.15) is 87.2 Å². The van der Waals surface area contributed by atoms with Gasteiger partial charge >= 0.3 is 5.97 Å². The Bertz CT molecular complexity index is 1970. The van der Waals surface area contributed by atoms with E-state index in [2.05, 4.69) is 26.7 Å². The molecule has 0 spiro atoms. The molecular weight excluding hydrogens is 632 g/mol. The van der Waals surface area contributed by atoms with E-state index < -0.39 is 11.2 Å². The fourth-order valence-electron chi connectivity index (χ4n) is 6.77. The highest BCUT2D eigenvalue weighted by molar-refractivity contribution is 5.94. The lowest BCUT2D eigenvalue weighted by Crippen LogP contribution is -2.35. The SMILES string of the molecule is CC(C)(O)Cn1ncc2ccc(COc3cccc(C4CCN(Cc5nc6ccc(C(=O)OC(C)(C)C)cc6n5CC5CCO5)CC4)n3)cc21. The van der Waals surface area contributed by atoms with Crippen LogP contribution in [0.2, 0.25) is 0 Å². The molecule has 50 heavy (non-hydrogen) atoms. The molecule has 2 aliphatic heterocycles. The monoisotopic (exact) mass is 680 g/mol. The van der Waals surface area contributed by atoms with E-state index in [-0.39, 0.29) is 12.1 Å². The highest BCUT2D eigenvalue weighted by atomic mass is 16.6. The van der Waals surface area contributed by atoms with Crippen LogP contribution in [-0.2, 0) is 35.7 Å². The molecule has 2 aliphatic rings. The third-order valence-corrected chi connectivity index (χ3v) is 9.39. The molecule has 0 amide bonds. The van der Waals surface area contributed by atoms with Crippen molar-refractivity contribution in [1.82, 2.24) is 29.2 Å². The maximum atomic E-state index is 12.9. The zero-order chi connectivity index (χ0) is 35.0. The lowest BCUT2D eigenvalue weighted by Gasteiger charge is -2.32. The van der Waals surface area contributed by atoms with E-state index in [1.165, 1.54) is 0 Å². The minimum atomic E-state index is -0.858. The molecule has 2 fully saturated rings. The van der Waals surface area contributed by atoms with Crippen molar-refractivity contribution in [2.24, 2.45) is 0 Å². The number of nitrogens with zero attached hydrogens (tertiary/aromatic N) is 6. The molecule has 0 saturated carbocycles. The lowest BCUT2D eigenvalue weighted by molar-refractivity contribution is -0.0592. The summed E-state index contributed by atoms with van der Waals surface area (Å²) in [5.74, 6) is 1.63. The molecule has 1 unspecified atom stereocenters. The van der Waals surface area contributed by atoms with Gasteiger partial charge < -0.3 is 23.9 Å². The molecule has 1 N–H and O–H groups in total. The van der Waals surface area contributed by atoms with Gasteiger partial charge in [0.25, 0.3) is 0 Å². The highest BCUT2D eigenvalue weighted by Gasteiger charge is 2.27. The second kappa shape index (κ2) is 13.8. The minimum Gasteiger partial charge on any atom is -0.473 e. The van der Waals surface area contributed by atoms with Crippen LogP contribution in [0.3, 0.4) is 0 Å². The molecule has 5 heterocycles. The number of esters is 1. The summed E-state index contributed by atoms with van der Waals surface area (Å²) in [5, 5.41) is 15.8. The average molecular weight is 681 g/mol. The van der Waals surface area contributed by atoms with Crippen LogP contribution in [0.15, 0.2) is 60.8 Å². The van der Waals surface area contributed by atoms with Crippen LogP contribution in [-0.4, -0.2) is 77.3 Å². The van der Waals surface area contributed by atoms with Crippen LogP contribution >= 0.6 is 0 Å². The van der Waals surface area contributed by atoms with Gasteiger partial charge in [-0.15, -0.1) is 0 Å². The van der Waals surface area contributed by atoms with Crippen molar-refractivity contribution < 1.29 is 24.1 Å². The standard InChI is InChI=1S/C39H48N6O5/c1-38(2,3)50-37(46)28-11-12-32-34(20-28)44(22-30-15-18-48-30)35(41-32)23-43-16-13-27(14-17-43)31-7-6-8-36(42-31)49-24-26-9-10-29-21-40-45(33(29)19-26)25-39(4,5)47/h6-12,19-21,27,30,47H,13-18,22-25H2,1-5H3. The number of piperidine rings is 1. The number of hydrogen-bond donors (Lipinski definition) is 1. The predicted molar refractivity (Wildman–Crippen MR) is 191 cm³/mol. The molecule has 1 atom stereocenters. The highest BCUT2D eigenvalue weighted by Crippen LogP contribution is 2.30. The normalized spacial score (nSPS) is 17.7. The topological polar surface area (TPSA) is 117 Å². The fraction of sp³-hybridized carbons (Fsp3) is 0.487. The predicted octanol–water partition coefficient (Wildman–Crippen LogP) is 6.25. The maximum absolute atomic E-state index is 12.9. The molecule has 2 saturated heterocycles. The summed E-state index contributed by atoms with van der Waals surface area (Å²) in [6.07, 6.45) is 5.00. The number of carbonyl (C=O) groups is 1. The van der Waals surface area contributed by atoms with Crippen LogP contribution < -0.4 is 4.74 Å². The van der Waals surface area contributed by atoms with Gasteiger partial charge in [0.05, 0.1) is 59.6 Å². The summed E-state index contributed by atoms with van der Waals surface area (Å²) in [6, 6.07) is 17.9. The van der Waals surface area contributed by atoms with Gasteiger partial charge in [-0.3, -0.25) is 9.58 Å². The summed E-state index contributed by atoms with van der Waals surface area (Å²) in [6.45, 7) is 14.1. The Labute approximate surface area is 293 Å². The Kier molecular flexibility index (Phi) is 9.40. The summed E-state index contributed by atoms with van der Waals surface area (Å²) < 4.78 is 21.7. The van der Waals surface area contributed by atoms with Gasteiger partial charge in [0.2, 0.25) is 5.88 Å². The first-order chi connectivity index (χ1) is 23.9. The number of pyridine rings is 1. The van der Waals surface area contributed by atoms with Crippen LogP contribution in [0.4, 0.5) is 0 Å². The second-order valence-electron chi connectivity index (χ2n) is 15.4. The van der Waals surface area contributed by atoms with Gasteiger partial charge in [0.15, 0.2) is 0 Å². The van der Waals surface area contributed by atoms with Gasteiger partial charge in [-0.2, -0.15) is 5.10 Å². The number of ether oxygens (including phenoxy) is 3. The Morgan fingerprint density at radius 1 is 0.980 bits per heavy atom. The Morgan fingerprint density at radius 2 is 1.78 bits per heavy atom. The van der Waals surface area contributed by atoms with E-state index in [1.54, 1.807) is 13.8 Å².